The summed E-state index contributed by atoms with van der Waals surface area (Å²) in [4.78, 5) is 8.82. The SMILES string of the molecule is N=C(N)c1cc2ccccc2nc1Sc1ccc(Cl)cn1. The van der Waals surface area contributed by atoms with Gasteiger partial charge in [0.05, 0.1) is 10.5 Å². The number of aromatic nitrogens is 2. The fraction of sp³-hybridized carbons (Fsp3) is 0. The third kappa shape index (κ3) is 2.99. The molecule has 0 atom stereocenters. The number of hydrogen-bond acceptors (Lipinski definition) is 4. The highest BCUT2D eigenvalue weighted by molar-refractivity contribution is 7.99. The van der Waals surface area contributed by atoms with Crippen LogP contribution in [0.4, 0.5) is 0 Å². The maximum absolute atomic E-state index is 7.73. The van der Waals surface area contributed by atoms with E-state index in [1.807, 2.05) is 36.4 Å². The van der Waals surface area contributed by atoms with Crippen molar-refractivity contribution in [1.29, 1.82) is 5.41 Å². The largest absolute Gasteiger partial charge is 0.384 e. The summed E-state index contributed by atoms with van der Waals surface area (Å²) in [6.07, 6.45) is 1.58. The topological polar surface area (TPSA) is 75.7 Å². The Bertz CT molecular complexity index is 818. The Kier molecular flexibility index (Phi) is 3.77. The fourth-order valence-electron chi connectivity index (χ4n) is 1.89. The van der Waals surface area contributed by atoms with Gasteiger partial charge in [0, 0.05) is 17.1 Å². The summed E-state index contributed by atoms with van der Waals surface area (Å²) in [7, 11) is 0. The number of fused-ring (bicyclic) bond motifs is 1. The molecule has 0 bridgehead atoms. The van der Waals surface area contributed by atoms with Crippen molar-refractivity contribution in [3.63, 3.8) is 0 Å². The van der Waals surface area contributed by atoms with Crippen LogP contribution in [-0.2, 0) is 0 Å². The number of nitrogens with one attached hydrogen (secondary N) is 1. The van der Waals surface area contributed by atoms with E-state index >= 15 is 0 Å². The number of rotatable bonds is 3. The number of amidine groups is 1. The van der Waals surface area contributed by atoms with E-state index in [2.05, 4.69) is 9.97 Å². The van der Waals surface area contributed by atoms with Gasteiger partial charge < -0.3 is 5.73 Å². The van der Waals surface area contributed by atoms with Gasteiger partial charge in [-0.3, -0.25) is 5.41 Å². The van der Waals surface area contributed by atoms with Gasteiger partial charge in [-0.1, -0.05) is 29.8 Å². The summed E-state index contributed by atoms with van der Waals surface area (Å²) in [5.74, 6) is -0.00952. The highest BCUT2D eigenvalue weighted by Crippen LogP contribution is 2.30. The molecule has 0 unspecified atom stereocenters. The second-order valence-corrected chi connectivity index (χ2v) is 5.81. The number of hydrogen-bond donors (Lipinski definition) is 2. The van der Waals surface area contributed by atoms with Crippen molar-refractivity contribution in [3.8, 4) is 0 Å². The number of pyridine rings is 2. The molecule has 0 radical (unpaired) electrons. The van der Waals surface area contributed by atoms with E-state index in [1.54, 1.807) is 12.3 Å². The second kappa shape index (κ2) is 5.71. The van der Waals surface area contributed by atoms with Gasteiger partial charge in [-0.05, 0) is 36.0 Å². The van der Waals surface area contributed by atoms with Crippen molar-refractivity contribution in [3.05, 3.63) is 59.2 Å². The summed E-state index contributed by atoms with van der Waals surface area (Å²) >= 11 is 7.20. The van der Waals surface area contributed by atoms with Gasteiger partial charge in [0.1, 0.15) is 15.9 Å². The van der Waals surface area contributed by atoms with Gasteiger partial charge in [-0.2, -0.15) is 0 Å². The molecule has 0 aliphatic carbocycles. The molecule has 0 aliphatic heterocycles. The van der Waals surface area contributed by atoms with Crippen LogP contribution >= 0.6 is 23.4 Å². The molecular weight excluding hydrogens is 304 g/mol. The van der Waals surface area contributed by atoms with Crippen LogP contribution in [0.3, 0.4) is 0 Å². The zero-order valence-corrected chi connectivity index (χ0v) is 12.4. The number of halogens is 1. The highest BCUT2D eigenvalue weighted by Gasteiger charge is 2.11. The first-order valence-electron chi connectivity index (χ1n) is 6.17. The van der Waals surface area contributed by atoms with Gasteiger partial charge in [-0.15, -0.1) is 0 Å². The molecule has 0 saturated heterocycles. The number of para-hydroxylation sites is 1. The smallest absolute Gasteiger partial charge is 0.125 e. The average Bonchev–Trinajstić information content (AvgIpc) is 2.48. The molecule has 0 aliphatic rings. The van der Waals surface area contributed by atoms with E-state index in [1.165, 1.54) is 11.8 Å². The molecule has 0 fully saturated rings. The second-order valence-electron chi connectivity index (χ2n) is 4.36. The molecule has 0 amide bonds. The van der Waals surface area contributed by atoms with E-state index < -0.39 is 0 Å². The van der Waals surface area contributed by atoms with Crippen molar-refractivity contribution < 1.29 is 0 Å². The summed E-state index contributed by atoms with van der Waals surface area (Å²) < 4.78 is 0. The molecule has 4 nitrogen and oxygen atoms in total. The van der Waals surface area contributed by atoms with Gasteiger partial charge in [0.2, 0.25) is 0 Å². The Balaban J connectivity index is 2.09. The van der Waals surface area contributed by atoms with E-state index in [9.17, 15) is 0 Å². The Morgan fingerprint density at radius 2 is 2.00 bits per heavy atom. The lowest BCUT2D eigenvalue weighted by Gasteiger charge is -2.08. The summed E-state index contributed by atoms with van der Waals surface area (Å²) in [6, 6.07) is 13.2. The number of benzene rings is 1. The number of nitrogens with two attached hydrogens (primary N) is 1. The molecule has 1 aromatic carbocycles. The maximum atomic E-state index is 7.73. The maximum Gasteiger partial charge on any atom is 0.125 e. The fourth-order valence-corrected chi connectivity index (χ4v) is 2.86. The van der Waals surface area contributed by atoms with Crippen molar-refractivity contribution in [1.82, 2.24) is 9.97 Å². The highest BCUT2D eigenvalue weighted by atomic mass is 35.5. The quantitative estimate of drug-likeness (QED) is 0.570. The molecule has 2 aromatic heterocycles. The Morgan fingerprint density at radius 1 is 1.19 bits per heavy atom. The van der Waals surface area contributed by atoms with Crippen LogP contribution in [0.15, 0.2) is 58.7 Å². The lowest BCUT2D eigenvalue weighted by molar-refractivity contribution is 1.10. The van der Waals surface area contributed by atoms with Crippen LogP contribution in [0.5, 0.6) is 0 Å². The first kappa shape index (κ1) is 13.9. The van der Waals surface area contributed by atoms with Crippen molar-refractivity contribution in [2.75, 3.05) is 0 Å². The van der Waals surface area contributed by atoms with Crippen LogP contribution in [0.25, 0.3) is 10.9 Å². The van der Waals surface area contributed by atoms with Crippen LogP contribution < -0.4 is 5.73 Å². The first-order chi connectivity index (χ1) is 10.1. The van der Waals surface area contributed by atoms with Gasteiger partial charge in [-0.25, -0.2) is 9.97 Å². The lowest BCUT2D eigenvalue weighted by atomic mass is 10.1. The Hall–Kier alpha value is -2.11. The van der Waals surface area contributed by atoms with Gasteiger partial charge in [0.25, 0.3) is 0 Å². The molecule has 21 heavy (non-hydrogen) atoms. The van der Waals surface area contributed by atoms with E-state index in [0.29, 0.717) is 15.6 Å². The minimum Gasteiger partial charge on any atom is -0.384 e. The Morgan fingerprint density at radius 3 is 2.71 bits per heavy atom. The molecule has 0 saturated carbocycles. The van der Waals surface area contributed by atoms with Crippen molar-refractivity contribution >= 4 is 40.1 Å². The predicted octanol–water partition coefficient (Wildman–Crippen LogP) is 3.72. The van der Waals surface area contributed by atoms with Crippen molar-refractivity contribution in [2.24, 2.45) is 5.73 Å². The zero-order valence-electron chi connectivity index (χ0n) is 10.9. The zero-order chi connectivity index (χ0) is 14.8. The van der Waals surface area contributed by atoms with E-state index in [-0.39, 0.29) is 5.84 Å². The third-order valence-electron chi connectivity index (χ3n) is 2.88. The predicted molar refractivity (Wildman–Crippen MR) is 86.1 cm³/mol. The van der Waals surface area contributed by atoms with Crippen LogP contribution in [0.1, 0.15) is 5.56 Å². The first-order valence-corrected chi connectivity index (χ1v) is 7.36. The van der Waals surface area contributed by atoms with Crippen LogP contribution in [-0.4, -0.2) is 15.8 Å². The number of nitrogens with zero attached hydrogens (tertiary/aromatic N) is 2. The lowest BCUT2D eigenvalue weighted by Crippen LogP contribution is -2.13. The van der Waals surface area contributed by atoms with Gasteiger partial charge in [0.15, 0.2) is 0 Å². The standard InChI is InChI=1S/C15H11ClN4S/c16-10-5-6-13(19-8-10)21-15-11(14(17)18)7-9-3-1-2-4-12(9)20-15/h1-8H,(H3,17,18). The van der Waals surface area contributed by atoms with Gasteiger partial charge >= 0.3 is 0 Å². The summed E-state index contributed by atoms with van der Waals surface area (Å²) in [6.45, 7) is 0. The molecule has 2 heterocycles. The molecule has 3 N–H and O–H groups in total. The molecule has 104 valence electrons. The summed E-state index contributed by atoms with van der Waals surface area (Å²) in [5.41, 5.74) is 7.14. The third-order valence-corrected chi connectivity index (χ3v) is 4.06. The molecule has 3 rings (SSSR count). The van der Waals surface area contributed by atoms with E-state index in [4.69, 9.17) is 22.7 Å². The minimum atomic E-state index is -0.00952. The molecule has 0 spiro atoms. The minimum absolute atomic E-state index is 0.00952. The van der Waals surface area contributed by atoms with Crippen molar-refractivity contribution in [2.45, 2.75) is 10.1 Å². The molecule has 3 aromatic rings. The average molecular weight is 315 g/mol. The Labute approximate surface area is 130 Å². The summed E-state index contributed by atoms with van der Waals surface area (Å²) in [5, 5.41) is 10.7. The van der Waals surface area contributed by atoms with Crippen LogP contribution in [0, 0.1) is 5.41 Å². The van der Waals surface area contributed by atoms with Crippen LogP contribution in [0.2, 0.25) is 5.02 Å². The normalized spacial score (nSPS) is 10.7. The molecule has 6 heteroatoms. The monoisotopic (exact) mass is 314 g/mol. The molecular formula is C15H11ClN4S. The van der Waals surface area contributed by atoms with E-state index in [0.717, 1.165) is 15.9 Å². The number of nitrogen functional groups attached to an aromatic ring is 1.